The minimum absolute atomic E-state index is 0.0424. The molecule has 6 aliphatic rings. The summed E-state index contributed by atoms with van der Waals surface area (Å²) < 4.78 is 2.29. The van der Waals surface area contributed by atoms with Gasteiger partial charge >= 0.3 is 0 Å². The number of H-pyrrole nitrogens is 4. The highest BCUT2D eigenvalue weighted by atomic mass is 16.2. The van der Waals surface area contributed by atoms with Crippen molar-refractivity contribution < 1.29 is 14.4 Å². The van der Waals surface area contributed by atoms with Gasteiger partial charge < -0.3 is 24.7 Å². The Morgan fingerprint density at radius 2 is 1.35 bits per heavy atom. The van der Waals surface area contributed by atoms with Crippen LogP contribution in [0.15, 0.2) is 61.1 Å². The first-order valence-electron chi connectivity index (χ1n) is 33.3. The number of Topliss-reactive ketones (excluding diaryl/α,β-unsaturated/α-hetero) is 1. The number of anilines is 3. The van der Waals surface area contributed by atoms with Crippen molar-refractivity contribution in [1.82, 2.24) is 40.1 Å². The number of aryl methyl sites for hydroxylation is 7. The monoisotopic (exact) mass is 1190 g/mol. The van der Waals surface area contributed by atoms with Crippen molar-refractivity contribution in [3.05, 3.63) is 122 Å². The fraction of sp³-hybridized carbons (Fsp3) is 0.514. The molecule has 0 spiro atoms. The number of amides is 2. The molecule has 0 fully saturated rings. The zero-order valence-corrected chi connectivity index (χ0v) is 55.2. The Hall–Kier alpha value is -7.48. The smallest absolute Gasteiger partial charge is 0.237 e. The third kappa shape index (κ3) is 9.70. The number of benzene rings is 3. The van der Waals surface area contributed by atoms with Gasteiger partial charge in [-0.05, 0) is 222 Å². The maximum Gasteiger partial charge on any atom is 0.237 e. The highest BCUT2D eigenvalue weighted by Gasteiger charge is 2.50. The molecule has 88 heavy (non-hydrogen) atoms. The van der Waals surface area contributed by atoms with Gasteiger partial charge in [0.05, 0.1) is 69.3 Å². The van der Waals surface area contributed by atoms with Gasteiger partial charge in [0, 0.05) is 70.0 Å². The second-order valence-corrected chi connectivity index (χ2v) is 28.6. The standard InChI is InChI=1S/C27H37N3O.C24H30N4O.C23H28N4O/c1-6-10-17(4)26(31)27(7-2,8-3)22-15-23-21(13-18(22)5)19-11-9-12-20-16-28-30-25(20)24(14-19)29-23;1-23(2,3)13-28-19-10-16-15-9-7-8-14-12-25-26-20(14)21(15)27(6)18(16)11-17(19)24(4,5)22(28)29;1-5-23(6-2)17-11-18-16(10-19(17)27(13(3)4)22(23)28)15-9-7-8-14-12-24-26-20(14)21(15)25-18/h13-17,24,29H,6-12H2,1-5H3,(H,28,30);10-12H,7-9,13H2,1-6H3,(H,25,26);10-13,25H,5-9H2,1-4H3,(H,24,26). The summed E-state index contributed by atoms with van der Waals surface area (Å²) in [6.45, 7) is 30.7. The fourth-order valence-electron chi connectivity index (χ4n) is 16.5. The van der Waals surface area contributed by atoms with Crippen molar-refractivity contribution in [3.8, 4) is 22.8 Å². The molecule has 14 heteroatoms. The predicted octanol–water partition coefficient (Wildman–Crippen LogP) is 16.3. The van der Waals surface area contributed by atoms with Crippen LogP contribution in [0.1, 0.15) is 222 Å². The fourth-order valence-corrected chi connectivity index (χ4v) is 16.5. The van der Waals surface area contributed by atoms with E-state index in [1.165, 1.54) is 89.0 Å². The van der Waals surface area contributed by atoms with Gasteiger partial charge in [0.25, 0.3) is 0 Å². The number of carbonyl (C=O) groups excluding carboxylic acids is 3. The molecule has 3 aliphatic carbocycles. The van der Waals surface area contributed by atoms with Gasteiger partial charge in [-0.15, -0.1) is 0 Å². The van der Waals surface area contributed by atoms with E-state index in [0.717, 1.165) is 142 Å². The normalized spacial score (nSPS) is 18.2. The first kappa shape index (κ1) is 60.8. The molecule has 5 N–H and O–H groups in total. The first-order valence-corrected chi connectivity index (χ1v) is 33.3. The maximum atomic E-state index is 13.7. The van der Waals surface area contributed by atoms with E-state index in [2.05, 4.69) is 192 Å². The van der Waals surface area contributed by atoms with Crippen LogP contribution in [0.5, 0.6) is 0 Å². The molecule has 3 aliphatic heterocycles. The lowest BCUT2D eigenvalue weighted by atomic mass is 9.67. The molecule has 14 nitrogen and oxygen atoms in total. The van der Waals surface area contributed by atoms with Gasteiger partial charge in [0.2, 0.25) is 11.8 Å². The van der Waals surface area contributed by atoms with E-state index in [1.54, 1.807) is 0 Å². The highest BCUT2D eigenvalue weighted by Crippen LogP contribution is 2.52. The average molecular weight is 1190 g/mol. The minimum Gasteiger partial charge on any atom is -0.373 e. The summed E-state index contributed by atoms with van der Waals surface area (Å²) in [5.74, 6) is 0.967. The van der Waals surface area contributed by atoms with Crippen LogP contribution in [-0.4, -0.2) is 70.3 Å². The van der Waals surface area contributed by atoms with Crippen LogP contribution < -0.4 is 15.1 Å². The number of rotatable bonds is 11. The third-order valence-corrected chi connectivity index (χ3v) is 21.3. The molecule has 464 valence electrons. The molecule has 0 saturated heterocycles. The van der Waals surface area contributed by atoms with Gasteiger partial charge in [0.1, 0.15) is 5.78 Å². The van der Waals surface area contributed by atoms with Crippen LogP contribution in [0, 0.1) is 18.3 Å². The van der Waals surface area contributed by atoms with Crippen LogP contribution in [0.25, 0.3) is 50.2 Å². The molecule has 3 aromatic carbocycles. The lowest BCUT2D eigenvalue weighted by molar-refractivity contribution is -0.128. The number of aromatic amines is 4. The van der Waals surface area contributed by atoms with Crippen molar-refractivity contribution in [1.29, 1.82) is 0 Å². The largest absolute Gasteiger partial charge is 0.373 e. The van der Waals surface area contributed by atoms with Crippen LogP contribution in [-0.2, 0) is 69.8 Å². The zero-order chi connectivity index (χ0) is 62.5. The molecule has 2 atom stereocenters. The first-order chi connectivity index (χ1) is 42.1. The number of hydrogen-bond acceptors (Lipinski definition) is 7. The summed E-state index contributed by atoms with van der Waals surface area (Å²) in [7, 11) is 2.14. The Balaban J connectivity index is 0.000000129. The number of aromatic nitrogens is 8. The maximum absolute atomic E-state index is 13.7. The molecule has 8 aromatic rings. The summed E-state index contributed by atoms with van der Waals surface area (Å²) in [6, 6.07) is 14.0. The van der Waals surface area contributed by atoms with Crippen molar-refractivity contribution in [2.24, 2.45) is 18.4 Å². The Labute approximate surface area is 520 Å². The Morgan fingerprint density at radius 3 is 2.02 bits per heavy atom. The van der Waals surface area contributed by atoms with E-state index in [-0.39, 0.29) is 35.2 Å². The lowest BCUT2D eigenvalue weighted by Crippen LogP contribution is -2.42. The zero-order valence-electron chi connectivity index (χ0n) is 55.2. The van der Waals surface area contributed by atoms with E-state index in [9.17, 15) is 14.4 Å². The van der Waals surface area contributed by atoms with E-state index < -0.39 is 16.2 Å². The minimum atomic E-state index is -0.504. The van der Waals surface area contributed by atoms with Crippen LogP contribution in [0.3, 0.4) is 0 Å². The molecule has 2 bridgehead atoms. The van der Waals surface area contributed by atoms with Crippen LogP contribution in [0.2, 0.25) is 0 Å². The molecule has 0 saturated carbocycles. The van der Waals surface area contributed by atoms with Crippen molar-refractivity contribution in [2.75, 3.05) is 21.7 Å². The van der Waals surface area contributed by atoms with E-state index in [4.69, 9.17) is 0 Å². The topological polar surface area (TPSA) is 176 Å². The number of fused-ring (bicyclic) bond motifs is 17. The molecule has 0 radical (unpaired) electrons. The van der Waals surface area contributed by atoms with Crippen LogP contribution in [0.4, 0.5) is 17.1 Å². The molecule has 2 amide bonds. The molecule has 2 unspecified atom stereocenters. The summed E-state index contributed by atoms with van der Waals surface area (Å²) in [5, 5.41) is 28.8. The summed E-state index contributed by atoms with van der Waals surface area (Å²) >= 11 is 0. The summed E-state index contributed by atoms with van der Waals surface area (Å²) in [4.78, 5) is 48.2. The third-order valence-electron chi connectivity index (χ3n) is 21.3. The molecule has 8 heterocycles. The number of nitrogens with one attached hydrogen (secondary N) is 5. The van der Waals surface area contributed by atoms with Gasteiger partial charge in [-0.2, -0.15) is 15.3 Å². The number of allylic oxidation sites excluding steroid dienone is 1. The summed E-state index contributed by atoms with van der Waals surface area (Å²) in [6.07, 6.45) is 23.3. The van der Waals surface area contributed by atoms with Crippen LogP contribution >= 0.6 is 0 Å². The predicted molar refractivity (Wildman–Crippen MR) is 359 cm³/mol. The van der Waals surface area contributed by atoms with E-state index in [0.29, 0.717) is 5.78 Å². The number of carbonyl (C=O) groups is 3. The van der Waals surface area contributed by atoms with Crippen molar-refractivity contribution >= 4 is 62.0 Å². The Morgan fingerprint density at radius 1 is 0.716 bits per heavy atom. The molecular formula is C74H95N11O3. The Kier molecular flexibility index (Phi) is 15.8. The lowest BCUT2D eigenvalue weighted by Gasteiger charge is -2.37. The average Bonchev–Trinajstić information content (AvgIpc) is 1.67. The Bertz CT molecular complexity index is 4060. The van der Waals surface area contributed by atoms with Crippen molar-refractivity contribution in [2.45, 2.75) is 222 Å². The number of hydrogen-bond donors (Lipinski definition) is 5. The second kappa shape index (κ2) is 22.8. The number of nitrogens with zero attached hydrogens (tertiary/aromatic N) is 6. The molecule has 5 aromatic heterocycles. The van der Waals surface area contributed by atoms with Gasteiger partial charge in [0.15, 0.2) is 0 Å². The molecule has 14 rings (SSSR count). The molecular weight excluding hydrogens is 1090 g/mol. The van der Waals surface area contributed by atoms with Gasteiger partial charge in [-0.1, -0.05) is 74.8 Å². The van der Waals surface area contributed by atoms with Crippen molar-refractivity contribution in [3.63, 3.8) is 0 Å². The summed E-state index contributed by atoms with van der Waals surface area (Å²) in [5.41, 5.74) is 24.4. The highest BCUT2D eigenvalue weighted by molar-refractivity contribution is 6.12. The SMILES string of the molecule is CCC1(CC)C(=O)N(C(C)C)c2cc3c4c([nH]c3cc21)-c1[nH]ncc1CCC4.CCCC(C)C(=O)C(CC)(CC)c1cc2c(cc1C)C1=CC(N2)c2[nH]ncc2CCC1.Cn1c2c(c3cc4c(cc31)C(C)(C)C(=O)N4CC(C)(C)C)CCCc1cn[nH]c1-2. The number of ketones is 1. The van der Waals surface area contributed by atoms with E-state index in [1.807, 2.05) is 28.4 Å². The quantitative estimate of drug-likeness (QED) is 0.0856. The van der Waals surface area contributed by atoms with Gasteiger partial charge in [-0.25, -0.2) is 0 Å². The van der Waals surface area contributed by atoms with Gasteiger partial charge in [-0.3, -0.25) is 29.7 Å². The van der Waals surface area contributed by atoms with E-state index >= 15 is 0 Å². The second-order valence-electron chi connectivity index (χ2n) is 28.6.